The number of rotatable bonds is 6. The highest BCUT2D eigenvalue weighted by Crippen LogP contribution is 2.08. The molecule has 0 saturated carbocycles. The molecule has 2 unspecified atom stereocenters. The number of carbonyl (C=O) groups excluding carboxylic acids is 1. The summed E-state index contributed by atoms with van der Waals surface area (Å²) in [6, 6.07) is -0.476. The summed E-state index contributed by atoms with van der Waals surface area (Å²) < 4.78 is 22.5. The van der Waals surface area contributed by atoms with Crippen molar-refractivity contribution in [2.45, 2.75) is 51.7 Å². The third-order valence-corrected chi connectivity index (χ3v) is 4.51. The molecule has 0 bridgehead atoms. The fraction of sp³-hybridized carbons (Fsp3) is 0.750. The van der Waals surface area contributed by atoms with E-state index in [1.54, 1.807) is 13.0 Å². The molecular weight excluding hydrogens is 252 g/mol. The highest BCUT2D eigenvalue weighted by Gasteiger charge is 2.25. The lowest BCUT2D eigenvalue weighted by molar-refractivity contribution is -0.123. The molecule has 0 spiro atoms. The Labute approximate surface area is 109 Å². The molecule has 2 N–H and O–H groups in total. The van der Waals surface area contributed by atoms with E-state index < -0.39 is 15.9 Å². The van der Waals surface area contributed by atoms with Crippen LogP contribution in [0.15, 0.2) is 11.5 Å². The summed E-state index contributed by atoms with van der Waals surface area (Å²) in [6.07, 6.45) is 3.38. The summed E-state index contributed by atoms with van der Waals surface area (Å²) in [5.74, 6) is -0.0447. The Kier molecular flexibility index (Phi) is 5.34. The molecule has 1 rings (SSSR count). The molecule has 0 aliphatic carbocycles. The Morgan fingerprint density at radius 3 is 2.44 bits per heavy atom. The van der Waals surface area contributed by atoms with Gasteiger partial charge < -0.3 is 5.32 Å². The minimum Gasteiger partial charge on any atom is -0.352 e. The zero-order valence-electron chi connectivity index (χ0n) is 11.1. The number of hydrogen-bond acceptors (Lipinski definition) is 4. The van der Waals surface area contributed by atoms with Crippen molar-refractivity contribution in [3.8, 4) is 0 Å². The average molecular weight is 274 g/mol. The van der Waals surface area contributed by atoms with Crippen LogP contribution in [0, 0.1) is 0 Å². The summed E-state index contributed by atoms with van der Waals surface area (Å²) in [5.41, 5.74) is 0. The summed E-state index contributed by atoms with van der Waals surface area (Å²) >= 11 is 0. The molecule has 6 heteroatoms. The van der Waals surface area contributed by atoms with E-state index in [0.717, 1.165) is 12.8 Å². The molecule has 1 heterocycles. The fourth-order valence-electron chi connectivity index (χ4n) is 1.90. The number of hydrogen-bond donors (Lipinski definition) is 2. The summed E-state index contributed by atoms with van der Waals surface area (Å²) in [4.78, 5) is 11.9. The van der Waals surface area contributed by atoms with Crippen LogP contribution in [-0.4, -0.2) is 38.2 Å². The van der Waals surface area contributed by atoms with Crippen molar-refractivity contribution in [2.24, 2.45) is 0 Å². The first-order valence-corrected chi connectivity index (χ1v) is 8.06. The van der Waals surface area contributed by atoms with E-state index in [4.69, 9.17) is 0 Å². The molecular formula is C12H22N2O3S. The topological polar surface area (TPSA) is 75.3 Å². The van der Waals surface area contributed by atoms with Crippen LogP contribution in [-0.2, 0) is 14.6 Å². The third kappa shape index (κ3) is 4.42. The van der Waals surface area contributed by atoms with E-state index in [-0.39, 0.29) is 23.7 Å². The Balaban J connectivity index is 2.44. The predicted octanol–water partition coefficient (Wildman–Crippen LogP) is 0.580. The molecule has 0 radical (unpaired) electrons. The van der Waals surface area contributed by atoms with Crippen LogP contribution in [0.5, 0.6) is 0 Å². The largest absolute Gasteiger partial charge is 0.352 e. The van der Waals surface area contributed by atoms with E-state index in [2.05, 4.69) is 10.6 Å². The van der Waals surface area contributed by atoms with Gasteiger partial charge in [0.15, 0.2) is 9.84 Å². The number of amides is 1. The monoisotopic (exact) mass is 274 g/mol. The highest BCUT2D eigenvalue weighted by atomic mass is 32.2. The van der Waals surface area contributed by atoms with E-state index >= 15 is 0 Å². The highest BCUT2D eigenvalue weighted by molar-refractivity contribution is 7.94. The van der Waals surface area contributed by atoms with Crippen molar-refractivity contribution in [1.82, 2.24) is 10.6 Å². The van der Waals surface area contributed by atoms with Gasteiger partial charge in [-0.15, -0.1) is 0 Å². The van der Waals surface area contributed by atoms with Crippen LogP contribution in [0.2, 0.25) is 0 Å². The summed E-state index contributed by atoms with van der Waals surface area (Å²) in [7, 11) is -3.07. The van der Waals surface area contributed by atoms with E-state index in [1.807, 2.05) is 13.8 Å². The lowest BCUT2D eigenvalue weighted by atomic mass is 10.1. The average Bonchev–Trinajstić information content (AvgIpc) is 2.65. The van der Waals surface area contributed by atoms with Crippen LogP contribution in [0.3, 0.4) is 0 Å². The molecule has 0 saturated heterocycles. The van der Waals surface area contributed by atoms with Gasteiger partial charge in [0.05, 0.1) is 11.8 Å². The SMILES string of the molecule is CCC(CC)NC(=O)C(C)NC1C=CS(=O)(=O)C1. The maximum absolute atomic E-state index is 11.9. The molecule has 1 aliphatic heterocycles. The van der Waals surface area contributed by atoms with Gasteiger partial charge in [0.2, 0.25) is 5.91 Å². The van der Waals surface area contributed by atoms with Crippen LogP contribution < -0.4 is 10.6 Å². The van der Waals surface area contributed by atoms with Gasteiger partial charge in [0.1, 0.15) is 0 Å². The van der Waals surface area contributed by atoms with Crippen molar-refractivity contribution in [3.63, 3.8) is 0 Å². The summed E-state index contributed by atoms with van der Waals surface area (Å²) in [6.45, 7) is 5.80. The first-order chi connectivity index (χ1) is 8.38. The second-order valence-electron chi connectivity index (χ2n) is 4.67. The Morgan fingerprint density at radius 2 is 2.00 bits per heavy atom. The molecule has 1 aliphatic rings. The zero-order valence-corrected chi connectivity index (χ0v) is 12.0. The quantitative estimate of drug-likeness (QED) is 0.743. The zero-order chi connectivity index (χ0) is 13.8. The molecule has 5 nitrogen and oxygen atoms in total. The lowest BCUT2D eigenvalue weighted by Gasteiger charge is -2.21. The Bertz CT molecular complexity index is 413. The number of sulfone groups is 1. The molecule has 0 fully saturated rings. The summed E-state index contributed by atoms with van der Waals surface area (Å²) in [5, 5.41) is 7.15. The van der Waals surface area contributed by atoms with Crippen molar-refractivity contribution >= 4 is 15.7 Å². The third-order valence-electron chi connectivity index (χ3n) is 3.12. The first-order valence-electron chi connectivity index (χ1n) is 6.35. The van der Waals surface area contributed by atoms with E-state index in [0.29, 0.717) is 0 Å². The number of carbonyl (C=O) groups is 1. The van der Waals surface area contributed by atoms with Crippen molar-refractivity contribution in [3.05, 3.63) is 11.5 Å². The Morgan fingerprint density at radius 1 is 1.39 bits per heavy atom. The second kappa shape index (κ2) is 6.33. The molecule has 1 amide bonds. The van der Waals surface area contributed by atoms with Gasteiger partial charge in [-0.05, 0) is 19.8 Å². The molecule has 0 aromatic rings. The fourth-order valence-corrected chi connectivity index (χ4v) is 3.14. The van der Waals surface area contributed by atoms with E-state index in [9.17, 15) is 13.2 Å². The van der Waals surface area contributed by atoms with Gasteiger partial charge >= 0.3 is 0 Å². The van der Waals surface area contributed by atoms with Crippen LogP contribution in [0.4, 0.5) is 0 Å². The van der Waals surface area contributed by atoms with Gasteiger partial charge in [-0.2, -0.15) is 0 Å². The van der Waals surface area contributed by atoms with Gasteiger partial charge in [-0.3, -0.25) is 10.1 Å². The maximum atomic E-state index is 11.9. The Hall–Kier alpha value is -0.880. The lowest BCUT2D eigenvalue weighted by Crippen LogP contribution is -2.49. The standard InChI is InChI=1S/C12H22N2O3S/c1-4-10(5-2)14-12(15)9(3)13-11-6-7-18(16,17)8-11/h6-7,9-11,13H,4-5,8H2,1-3H3,(H,14,15). The van der Waals surface area contributed by atoms with Crippen molar-refractivity contribution in [2.75, 3.05) is 5.75 Å². The van der Waals surface area contributed by atoms with Gasteiger partial charge in [-0.1, -0.05) is 19.9 Å². The molecule has 2 atom stereocenters. The van der Waals surface area contributed by atoms with Crippen LogP contribution >= 0.6 is 0 Å². The molecule has 0 aromatic carbocycles. The molecule has 18 heavy (non-hydrogen) atoms. The van der Waals surface area contributed by atoms with Crippen LogP contribution in [0.1, 0.15) is 33.6 Å². The van der Waals surface area contributed by atoms with Gasteiger partial charge in [0, 0.05) is 17.5 Å². The molecule has 104 valence electrons. The van der Waals surface area contributed by atoms with Crippen molar-refractivity contribution < 1.29 is 13.2 Å². The first kappa shape index (κ1) is 15.2. The minimum absolute atomic E-state index is 0.0373. The smallest absolute Gasteiger partial charge is 0.237 e. The van der Waals surface area contributed by atoms with Gasteiger partial charge in [-0.25, -0.2) is 8.42 Å². The second-order valence-corrected chi connectivity index (χ2v) is 6.61. The number of nitrogens with one attached hydrogen (secondary N) is 2. The van der Waals surface area contributed by atoms with Gasteiger partial charge in [0.25, 0.3) is 0 Å². The molecule has 0 aromatic heterocycles. The maximum Gasteiger partial charge on any atom is 0.237 e. The van der Waals surface area contributed by atoms with Crippen LogP contribution in [0.25, 0.3) is 0 Å². The van der Waals surface area contributed by atoms with Crippen molar-refractivity contribution in [1.29, 1.82) is 0 Å². The van der Waals surface area contributed by atoms with E-state index in [1.165, 1.54) is 5.41 Å². The predicted molar refractivity (Wildman–Crippen MR) is 71.8 cm³/mol. The normalized spacial score (nSPS) is 23.2. The minimum atomic E-state index is -3.07.